The van der Waals surface area contributed by atoms with Gasteiger partial charge in [0.05, 0.1) is 11.1 Å². The lowest BCUT2D eigenvalue weighted by Crippen LogP contribution is -2.66. The van der Waals surface area contributed by atoms with Gasteiger partial charge < -0.3 is 14.2 Å². The first-order valence-electron chi connectivity index (χ1n) is 16.2. The van der Waals surface area contributed by atoms with Crippen molar-refractivity contribution in [3.63, 3.8) is 0 Å². The average Bonchev–Trinajstić information content (AvgIpc) is 3.23. The summed E-state index contributed by atoms with van der Waals surface area (Å²) in [5, 5.41) is 0. The van der Waals surface area contributed by atoms with Crippen LogP contribution in [0.15, 0.2) is 60.7 Å². The zero-order chi connectivity index (χ0) is 31.4. The molecule has 2 bridgehead atoms. The first kappa shape index (κ1) is 30.6. The van der Waals surface area contributed by atoms with Gasteiger partial charge in [0.25, 0.3) is 0 Å². The van der Waals surface area contributed by atoms with Crippen molar-refractivity contribution in [1.82, 2.24) is 0 Å². The van der Waals surface area contributed by atoms with Crippen LogP contribution in [0.3, 0.4) is 0 Å². The molecule has 0 heterocycles. The van der Waals surface area contributed by atoms with Gasteiger partial charge in [-0.05, 0) is 106 Å². The highest BCUT2D eigenvalue weighted by Gasteiger charge is 2.70. The molecule has 4 fully saturated rings. The van der Waals surface area contributed by atoms with Crippen molar-refractivity contribution < 1.29 is 28.6 Å². The molecule has 2 aromatic rings. The Kier molecular flexibility index (Phi) is 7.78. The molecule has 0 saturated heterocycles. The molecule has 234 valence electrons. The second-order valence-corrected chi connectivity index (χ2v) is 14.7. The van der Waals surface area contributed by atoms with Gasteiger partial charge in [0.15, 0.2) is 0 Å². The molecule has 0 radical (unpaired) electrons. The van der Waals surface area contributed by atoms with Gasteiger partial charge in [-0.25, -0.2) is 9.59 Å². The first-order chi connectivity index (χ1) is 20.9. The van der Waals surface area contributed by atoms with Crippen molar-refractivity contribution in [2.75, 3.05) is 6.61 Å². The van der Waals surface area contributed by atoms with Crippen LogP contribution in [0.5, 0.6) is 0 Å². The number of hydrogen-bond acceptors (Lipinski definition) is 6. The van der Waals surface area contributed by atoms with Crippen molar-refractivity contribution in [2.24, 2.45) is 34.0 Å². The Morgan fingerprint density at radius 3 is 1.95 bits per heavy atom. The Bertz CT molecular complexity index is 1460. The molecule has 4 aliphatic carbocycles. The Morgan fingerprint density at radius 2 is 1.39 bits per heavy atom. The van der Waals surface area contributed by atoms with Crippen LogP contribution in [-0.4, -0.2) is 36.7 Å². The summed E-state index contributed by atoms with van der Waals surface area (Å²) in [6.07, 6.45) is 5.46. The van der Waals surface area contributed by atoms with Crippen LogP contribution in [0.4, 0.5) is 0 Å². The summed E-state index contributed by atoms with van der Waals surface area (Å²) in [7, 11) is 0. The SMILES string of the molecule is C=C1C[C@@]23C[C@@H]1CC[C@H]2[C@]1(C)CC[C@@H](OC(=O)c2ccc(C)cc2)[C@](C)(COC(C)=O)[C@@H]1C[C@@H]3OC(=O)c1ccc(C)cc1. The van der Waals surface area contributed by atoms with Crippen LogP contribution in [0.1, 0.15) is 97.6 Å². The van der Waals surface area contributed by atoms with Crippen molar-refractivity contribution in [3.05, 3.63) is 82.9 Å². The van der Waals surface area contributed by atoms with E-state index in [1.165, 1.54) is 12.5 Å². The highest BCUT2D eigenvalue weighted by Crippen LogP contribution is 2.73. The quantitative estimate of drug-likeness (QED) is 0.192. The third kappa shape index (κ3) is 5.08. The fourth-order valence-corrected chi connectivity index (χ4v) is 9.84. The van der Waals surface area contributed by atoms with Crippen LogP contribution >= 0.6 is 0 Å². The van der Waals surface area contributed by atoms with E-state index in [1.807, 2.05) is 50.2 Å². The van der Waals surface area contributed by atoms with Gasteiger partial charge in [-0.15, -0.1) is 0 Å². The minimum atomic E-state index is -0.665. The summed E-state index contributed by atoms with van der Waals surface area (Å²) in [5.41, 5.74) is 3.57. The zero-order valence-corrected chi connectivity index (χ0v) is 26.8. The molecule has 4 aliphatic rings. The molecule has 0 aromatic heterocycles. The molecule has 8 atom stereocenters. The number of ether oxygens (including phenoxy) is 3. The van der Waals surface area contributed by atoms with E-state index in [2.05, 4.69) is 20.4 Å². The molecule has 0 unspecified atom stereocenters. The van der Waals surface area contributed by atoms with Crippen LogP contribution in [-0.2, 0) is 19.0 Å². The molecule has 6 nitrogen and oxygen atoms in total. The van der Waals surface area contributed by atoms with E-state index in [0.717, 1.165) is 43.2 Å². The number of benzene rings is 2. The number of fused-ring (bicyclic) bond motifs is 3. The normalized spacial score (nSPS) is 35.7. The third-order valence-corrected chi connectivity index (χ3v) is 12.1. The Balaban J connectivity index is 1.37. The van der Waals surface area contributed by atoms with E-state index < -0.39 is 11.5 Å². The van der Waals surface area contributed by atoms with Gasteiger partial charge in [0, 0.05) is 17.8 Å². The summed E-state index contributed by atoms with van der Waals surface area (Å²) in [4.78, 5) is 39.3. The Labute approximate surface area is 261 Å². The van der Waals surface area contributed by atoms with Gasteiger partial charge in [0.1, 0.15) is 18.8 Å². The van der Waals surface area contributed by atoms with Crippen molar-refractivity contribution in [2.45, 2.75) is 91.8 Å². The van der Waals surface area contributed by atoms with Crippen LogP contribution < -0.4 is 0 Å². The lowest BCUT2D eigenvalue weighted by atomic mass is 9.40. The maximum absolute atomic E-state index is 13.7. The summed E-state index contributed by atoms with van der Waals surface area (Å²) < 4.78 is 18.7. The summed E-state index contributed by atoms with van der Waals surface area (Å²) >= 11 is 0. The third-order valence-electron chi connectivity index (χ3n) is 12.1. The highest BCUT2D eigenvalue weighted by atomic mass is 16.6. The Morgan fingerprint density at radius 1 is 0.818 bits per heavy atom. The Hall–Kier alpha value is -3.41. The molecule has 0 aliphatic heterocycles. The number of aryl methyl sites for hydroxylation is 2. The minimum absolute atomic E-state index is 0.00391. The van der Waals surface area contributed by atoms with Gasteiger partial charge in [0.2, 0.25) is 0 Å². The lowest BCUT2D eigenvalue weighted by molar-refractivity contribution is -0.232. The van der Waals surface area contributed by atoms with Gasteiger partial charge >= 0.3 is 17.9 Å². The van der Waals surface area contributed by atoms with Crippen LogP contribution in [0.25, 0.3) is 0 Å². The average molecular weight is 599 g/mol. The number of rotatable bonds is 6. The smallest absolute Gasteiger partial charge is 0.338 e. The predicted molar refractivity (Wildman–Crippen MR) is 168 cm³/mol. The van der Waals surface area contributed by atoms with E-state index in [9.17, 15) is 14.4 Å². The molecule has 44 heavy (non-hydrogen) atoms. The number of allylic oxidation sites excluding steroid dienone is 1. The van der Waals surface area contributed by atoms with Crippen LogP contribution in [0.2, 0.25) is 0 Å². The van der Waals surface area contributed by atoms with Gasteiger partial charge in [-0.2, -0.15) is 0 Å². The van der Waals surface area contributed by atoms with E-state index >= 15 is 0 Å². The minimum Gasteiger partial charge on any atom is -0.465 e. The van der Waals surface area contributed by atoms with Crippen LogP contribution in [0, 0.1) is 47.8 Å². The molecular formula is C38H46O6. The van der Waals surface area contributed by atoms with Crippen molar-refractivity contribution >= 4 is 17.9 Å². The van der Waals surface area contributed by atoms with E-state index in [0.29, 0.717) is 35.8 Å². The molecular weight excluding hydrogens is 552 g/mol. The second kappa shape index (κ2) is 11.2. The summed E-state index contributed by atoms with van der Waals surface area (Å²) in [6.45, 7) is 14.6. The van der Waals surface area contributed by atoms with E-state index in [1.54, 1.807) is 12.1 Å². The van der Waals surface area contributed by atoms with E-state index in [-0.39, 0.29) is 47.4 Å². The fourth-order valence-electron chi connectivity index (χ4n) is 9.84. The molecule has 2 aromatic carbocycles. The second-order valence-electron chi connectivity index (χ2n) is 14.7. The maximum atomic E-state index is 13.7. The zero-order valence-electron chi connectivity index (χ0n) is 26.8. The number of esters is 3. The van der Waals surface area contributed by atoms with Crippen molar-refractivity contribution in [3.8, 4) is 0 Å². The summed E-state index contributed by atoms with van der Waals surface area (Å²) in [6, 6.07) is 15.0. The number of carbonyl (C=O) groups excluding carboxylic acids is 3. The molecule has 6 heteroatoms. The predicted octanol–water partition coefficient (Wildman–Crippen LogP) is 7.81. The number of carbonyl (C=O) groups is 3. The monoisotopic (exact) mass is 598 g/mol. The topological polar surface area (TPSA) is 78.9 Å². The lowest BCUT2D eigenvalue weighted by Gasteiger charge is -2.66. The van der Waals surface area contributed by atoms with Gasteiger partial charge in [-0.3, -0.25) is 4.79 Å². The molecule has 4 saturated carbocycles. The van der Waals surface area contributed by atoms with Gasteiger partial charge in [-0.1, -0.05) is 61.4 Å². The molecule has 6 rings (SSSR count). The van der Waals surface area contributed by atoms with Crippen molar-refractivity contribution in [1.29, 1.82) is 0 Å². The fraction of sp³-hybridized carbons (Fsp3) is 0.553. The molecule has 0 amide bonds. The molecule has 0 N–H and O–H groups in total. The van der Waals surface area contributed by atoms with E-state index in [4.69, 9.17) is 14.2 Å². The standard InChI is InChI=1S/C38H46O6/c1-23-7-11-27(12-8-23)34(40)43-32-17-18-36(5)30-16-15-29-21-38(30,20-25(29)3)33(19-31(36)37(32,6)22-42-26(4)39)44-35(41)28-13-9-24(2)10-14-28/h7-14,29-33H,3,15-22H2,1-2,4-6H3/t29-,30-,31+,32+,33-,36-,37+,38+/m0/s1. The molecule has 1 spiro atoms. The summed E-state index contributed by atoms with van der Waals surface area (Å²) in [5.74, 6) is -0.252. The highest BCUT2D eigenvalue weighted by molar-refractivity contribution is 5.90. The first-order valence-corrected chi connectivity index (χ1v) is 16.2. The maximum Gasteiger partial charge on any atom is 0.338 e. The largest absolute Gasteiger partial charge is 0.465 e. The number of hydrogen-bond donors (Lipinski definition) is 0.